The van der Waals surface area contributed by atoms with Crippen LogP contribution in [0.3, 0.4) is 0 Å². The second kappa shape index (κ2) is 15.0. The van der Waals surface area contributed by atoms with Crippen LogP contribution in [-0.2, 0) is 0 Å². The van der Waals surface area contributed by atoms with Gasteiger partial charge in [-0.3, -0.25) is 0 Å². The van der Waals surface area contributed by atoms with Crippen molar-refractivity contribution in [3.05, 3.63) is 36.7 Å². The van der Waals surface area contributed by atoms with Crippen LogP contribution in [0.15, 0.2) is 36.7 Å². The Labute approximate surface area is 197 Å². The average Bonchev–Trinajstić information content (AvgIpc) is 2.78. The highest BCUT2D eigenvalue weighted by Crippen LogP contribution is 2.21. The molecule has 2 aromatic rings. The Morgan fingerprint density at radius 3 is 1.78 bits per heavy atom. The molecule has 0 aliphatic carbocycles. The number of hydrogen-bond acceptors (Lipinski definition) is 4. The highest BCUT2D eigenvalue weighted by Gasteiger charge is 2.11. The van der Waals surface area contributed by atoms with Crippen LogP contribution in [0.4, 0.5) is 0 Å². The van der Waals surface area contributed by atoms with Gasteiger partial charge in [0.05, 0.1) is 25.6 Å². The van der Waals surface area contributed by atoms with Crippen molar-refractivity contribution in [3.63, 3.8) is 0 Å². The zero-order valence-corrected chi connectivity index (χ0v) is 21.9. The fraction of sp³-hybridized carbons (Fsp3) is 0.630. The van der Waals surface area contributed by atoms with Gasteiger partial charge in [0.15, 0.2) is 11.6 Å². The molecule has 5 heteroatoms. The maximum atomic E-state index is 5.91. The summed E-state index contributed by atoms with van der Waals surface area (Å²) in [5.74, 6) is 2.36. The molecule has 0 aliphatic rings. The molecule has 2 rings (SSSR count). The van der Waals surface area contributed by atoms with E-state index in [0.29, 0.717) is 5.82 Å². The molecule has 0 amide bonds. The minimum Gasteiger partial charge on any atom is -0.494 e. The average molecular weight is 457 g/mol. The molecule has 178 valence electrons. The molecular formula is C27H44N2O2Si. The third-order valence-electron chi connectivity index (χ3n) is 5.60. The van der Waals surface area contributed by atoms with Gasteiger partial charge >= 0.3 is 0 Å². The van der Waals surface area contributed by atoms with E-state index in [1.807, 2.05) is 24.3 Å². The summed E-state index contributed by atoms with van der Waals surface area (Å²) in [7, 11) is -0.837. The van der Waals surface area contributed by atoms with Gasteiger partial charge in [-0.2, -0.15) is 0 Å². The fourth-order valence-electron chi connectivity index (χ4n) is 3.61. The summed E-state index contributed by atoms with van der Waals surface area (Å²) < 4.78 is 11.6. The van der Waals surface area contributed by atoms with E-state index in [9.17, 15) is 0 Å². The first-order valence-electron chi connectivity index (χ1n) is 12.7. The maximum Gasteiger partial charge on any atom is 0.159 e. The minimum atomic E-state index is -0.837. The molecular weight excluding hydrogens is 412 g/mol. The third kappa shape index (κ3) is 11.7. The molecule has 0 saturated carbocycles. The highest BCUT2D eigenvalue weighted by atomic mass is 28.3. The molecule has 0 N–H and O–H groups in total. The van der Waals surface area contributed by atoms with E-state index in [0.717, 1.165) is 43.1 Å². The van der Waals surface area contributed by atoms with E-state index in [1.165, 1.54) is 57.4 Å². The van der Waals surface area contributed by atoms with Gasteiger partial charge in [0.1, 0.15) is 5.75 Å². The number of benzene rings is 1. The smallest absolute Gasteiger partial charge is 0.159 e. The zero-order valence-electron chi connectivity index (χ0n) is 20.9. The molecule has 0 aliphatic heterocycles. The zero-order chi connectivity index (χ0) is 23.1. The quantitative estimate of drug-likeness (QED) is 0.178. The van der Waals surface area contributed by atoms with E-state index in [2.05, 4.69) is 36.5 Å². The molecule has 0 saturated heterocycles. The van der Waals surface area contributed by atoms with Gasteiger partial charge in [-0.05, 0) is 37.1 Å². The number of rotatable bonds is 17. The number of nitrogens with zero attached hydrogens (tertiary/aromatic N) is 2. The van der Waals surface area contributed by atoms with Crippen molar-refractivity contribution in [3.8, 4) is 22.9 Å². The predicted molar refractivity (Wildman–Crippen MR) is 138 cm³/mol. The monoisotopic (exact) mass is 456 g/mol. The summed E-state index contributed by atoms with van der Waals surface area (Å²) in [6, 6.07) is 9.53. The van der Waals surface area contributed by atoms with Crippen molar-refractivity contribution < 1.29 is 9.47 Å². The molecule has 0 atom stereocenters. The maximum absolute atomic E-state index is 5.91. The second-order valence-corrected chi connectivity index (χ2v) is 15.6. The van der Waals surface area contributed by atoms with E-state index >= 15 is 0 Å². The van der Waals surface area contributed by atoms with Crippen molar-refractivity contribution in [2.75, 3.05) is 13.2 Å². The standard InChI is InChI=1S/C27H44N2O2Si/c1-5-6-12-19-31-26-22-28-27(29-23-26)24-15-17-25(18-16-24)30-20-13-10-8-7-9-11-14-21-32(2,3)4/h15-18,22-23H,5-14,19-21H2,1-4H3. The van der Waals surface area contributed by atoms with Gasteiger partial charge < -0.3 is 9.47 Å². The molecule has 0 unspecified atom stereocenters. The number of ether oxygens (including phenoxy) is 2. The normalized spacial score (nSPS) is 11.5. The molecule has 1 aromatic carbocycles. The lowest BCUT2D eigenvalue weighted by molar-refractivity contribution is 0.304. The molecule has 0 fully saturated rings. The molecule has 4 nitrogen and oxygen atoms in total. The minimum absolute atomic E-state index is 0.710. The predicted octanol–water partition coefficient (Wildman–Crippen LogP) is 8.16. The summed E-state index contributed by atoms with van der Waals surface area (Å²) in [6.45, 7) is 11.1. The van der Waals surface area contributed by atoms with Crippen molar-refractivity contribution in [1.29, 1.82) is 0 Å². The van der Waals surface area contributed by atoms with E-state index in [4.69, 9.17) is 9.47 Å². The topological polar surface area (TPSA) is 44.2 Å². The molecule has 1 heterocycles. The first-order chi connectivity index (χ1) is 15.5. The van der Waals surface area contributed by atoms with Gasteiger partial charge in [0.2, 0.25) is 0 Å². The summed E-state index contributed by atoms with van der Waals surface area (Å²) in [5, 5.41) is 0. The number of hydrogen-bond donors (Lipinski definition) is 0. The molecule has 0 bridgehead atoms. The van der Waals surface area contributed by atoms with E-state index in [-0.39, 0.29) is 0 Å². The summed E-state index contributed by atoms with van der Waals surface area (Å²) in [5.41, 5.74) is 0.990. The highest BCUT2D eigenvalue weighted by molar-refractivity contribution is 6.76. The molecule has 32 heavy (non-hydrogen) atoms. The number of aromatic nitrogens is 2. The summed E-state index contributed by atoms with van der Waals surface area (Å²) in [6.07, 6.45) is 16.3. The lowest BCUT2D eigenvalue weighted by Crippen LogP contribution is -2.18. The summed E-state index contributed by atoms with van der Waals surface area (Å²) in [4.78, 5) is 8.87. The molecule has 1 aromatic heterocycles. The van der Waals surface area contributed by atoms with E-state index in [1.54, 1.807) is 12.4 Å². The van der Waals surface area contributed by atoms with Crippen LogP contribution in [0.1, 0.15) is 71.1 Å². The second-order valence-electron chi connectivity index (χ2n) is 9.96. The SMILES string of the molecule is CCCCCOc1cnc(-c2ccc(OCCCCCCCCC[Si](C)(C)C)cc2)nc1. The third-order valence-corrected chi connectivity index (χ3v) is 7.45. The Kier molecular flexibility index (Phi) is 12.4. The molecule has 0 spiro atoms. The Balaban J connectivity index is 1.58. The fourth-order valence-corrected chi connectivity index (χ4v) is 4.92. The van der Waals surface area contributed by atoms with Gasteiger partial charge in [0.25, 0.3) is 0 Å². The van der Waals surface area contributed by atoms with Crippen molar-refractivity contribution in [2.24, 2.45) is 0 Å². The molecule has 0 radical (unpaired) electrons. The van der Waals surface area contributed by atoms with Crippen LogP contribution in [0.5, 0.6) is 11.5 Å². The van der Waals surface area contributed by atoms with Crippen molar-refractivity contribution in [2.45, 2.75) is 96.8 Å². The Morgan fingerprint density at radius 1 is 0.656 bits per heavy atom. The number of unbranched alkanes of at least 4 members (excludes halogenated alkanes) is 8. The van der Waals surface area contributed by atoms with Crippen molar-refractivity contribution in [1.82, 2.24) is 9.97 Å². The van der Waals surface area contributed by atoms with Crippen LogP contribution in [0.25, 0.3) is 11.4 Å². The van der Waals surface area contributed by atoms with Gasteiger partial charge in [-0.15, -0.1) is 0 Å². The van der Waals surface area contributed by atoms with Crippen LogP contribution in [0.2, 0.25) is 25.7 Å². The first kappa shape index (κ1) is 26.4. The van der Waals surface area contributed by atoms with Crippen LogP contribution >= 0.6 is 0 Å². The van der Waals surface area contributed by atoms with Crippen LogP contribution in [0, 0.1) is 0 Å². The Hall–Kier alpha value is -1.88. The van der Waals surface area contributed by atoms with Gasteiger partial charge in [-0.1, -0.05) is 84.0 Å². The van der Waals surface area contributed by atoms with Gasteiger partial charge in [-0.25, -0.2) is 9.97 Å². The Bertz CT molecular complexity index is 727. The van der Waals surface area contributed by atoms with Crippen LogP contribution in [-0.4, -0.2) is 31.3 Å². The van der Waals surface area contributed by atoms with Gasteiger partial charge in [0, 0.05) is 13.6 Å². The first-order valence-corrected chi connectivity index (χ1v) is 16.4. The largest absolute Gasteiger partial charge is 0.494 e. The summed E-state index contributed by atoms with van der Waals surface area (Å²) >= 11 is 0. The lowest BCUT2D eigenvalue weighted by Gasteiger charge is -2.14. The van der Waals surface area contributed by atoms with Crippen molar-refractivity contribution >= 4 is 8.07 Å². The Morgan fingerprint density at radius 2 is 1.19 bits per heavy atom. The van der Waals surface area contributed by atoms with Crippen LogP contribution < -0.4 is 9.47 Å². The lowest BCUT2D eigenvalue weighted by atomic mass is 10.1. The van der Waals surface area contributed by atoms with E-state index < -0.39 is 8.07 Å².